The van der Waals surface area contributed by atoms with E-state index in [1.807, 2.05) is 17.8 Å². The number of aromatic nitrogens is 3. The topological polar surface area (TPSA) is 42.7 Å². The summed E-state index contributed by atoms with van der Waals surface area (Å²) in [6, 6.07) is 0.256. The van der Waals surface area contributed by atoms with Gasteiger partial charge in [0.2, 0.25) is 0 Å². The van der Waals surface area contributed by atoms with Crippen molar-refractivity contribution in [1.82, 2.24) is 20.1 Å². The summed E-state index contributed by atoms with van der Waals surface area (Å²) >= 11 is 5.36. The molecule has 0 spiro atoms. The Morgan fingerprint density at radius 2 is 2.21 bits per heavy atom. The second-order valence-electron chi connectivity index (χ2n) is 4.57. The van der Waals surface area contributed by atoms with Crippen molar-refractivity contribution >= 4 is 27.3 Å². The van der Waals surface area contributed by atoms with Gasteiger partial charge >= 0.3 is 0 Å². The highest BCUT2D eigenvalue weighted by Crippen LogP contribution is 2.23. The van der Waals surface area contributed by atoms with Crippen LogP contribution in [0.2, 0.25) is 0 Å². The zero-order chi connectivity index (χ0) is 14.0. The van der Waals surface area contributed by atoms with Crippen molar-refractivity contribution in [2.45, 2.75) is 46.8 Å². The molecule has 0 aliphatic carbocycles. The summed E-state index contributed by atoms with van der Waals surface area (Å²) in [5, 5.41) is 9.15. The van der Waals surface area contributed by atoms with Crippen LogP contribution in [0.3, 0.4) is 0 Å². The molecule has 1 N–H and O–H groups in total. The first kappa shape index (κ1) is 14.7. The van der Waals surface area contributed by atoms with Crippen molar-refractivity contribution in [3.63, 3.8) is 0 Å². The van der Waals surface area contributed by atoms with Crippen LogP contribution in [0, 0.1) is 13.8 Å². The Labute approximate surface area is 126 Å². The smallest absolute Gasteiger partial charge is 0.109 e. The van der Waals surface area contributed by atoms with Crippen molar-refractivity contribution in [2.75, 3.05) is 0 Å². The van der Waals surface area contributed by atoms with Gasteiger partial charge in [0.1, 0.15) is 5.01 Å². The van der Waals surface area contributed by atoms with Crippen molar-refractivity contribution in [2.24, 2.45) is 0 Å². The van der Waals surface area contributed by atoms with Crippen LogP contribution >= 0.6 is 27.3 Å². The minimum atomic E-state index is 0.256. The standard InChI is InChI=1S/C13H19BrN4S/c1-5-18-11(12(14)9(3)17-18)7-15-10(4)13-16-6-8(2)19-13/h6,10,15H,5,7H2,1-4H3. The van der Waals surface area contributed by atoms with Crippen LogP contribution in [-0.4, -0.2) is 14.8 Å². The van der Waals surface area contributed by atoms with Crippen LogP contribution in [0.25, 0.3) is 0 Å². The fourth-order valence-corrected chi connectivity index (χ4v) is 3.17. The van der Waals surface area contributed by atoms with Gasteiger partial charge < -0.3 is 5.32 Å². The molecule has 1 unspecified atom stereocenters. The maximum absolute atomic E-state index is 4.50. The fourth-order valence-electron chi connectivity index (χ4n) is 1.95. The second-order valence-corrected chi connectivity index (χ2v) is 6.63. The van der Waals surface area contributed by atoms with E-state index < -0.39 is 0 Å². The molecule has 0 aliphatic rings. The van der Waals surface area contributed by atoms with E-state index in [9.17, 15) is 0 Å². The minimum Gasteiger partial charge on any atom is -0.302 e. The van der Waals surface area contributed by atoms with Crippen molar-refractivity contribution in [3.05, 3.63) is 31.9 Å². The van der Waals surface area contributed by atoms with Gasteiger partial charge in [0, 0.05) is 24.2 Å². The van der Waals surface area contributed by atoms with E-state index in [0.717, 1.165) is 28.3 Å². The van der Waals surface area contributed by atoms with Crippen molar-refractivity contribution in [3.8, 4) is 0 Å². The van der Waals surface area contributed by atoms with Crippen LogP contribution in [-0.2, 0) is 13.1 Å². The highest BCUT2D eigenvalue weighted by molar-refractivity contribution is 9.10. The molecule has 0 aromatic carbocycles. The first-order valence-corrected chi connectivity index (χ1v) is 8.01. The van der Waals surface area contributed by atoms with Gasteiger partial charge in [-0.2, -0.15) is 5.10 Å². The van der Waals surface area contributed by atoms with E-state index >= 15 is 0 Å². The Balaban J connectivity index is 2.06. The zero-order valence-electron chi connectivity index (χ0n) is 11.7. The first-order chi connectivity index (χ1) is 9.02. The van der Waals surface area contributed by atoms with Crippen LogP contribution in [0.5, 0.6) is 0 Å². The Bertz CT molecular complexity index is 561. The van der Waals surface area contributed by atoms with E-state index in [0.29, 0.717) is 0 Å². The molecule has 2 aromatic heterocycles. The minimum absolute atomic E-state index is 0.256. The molecule has 2 rings (SSSR count). The molecular weight excluding hydrogens is 324 g/mol. The van der Waals surface area contributed by atoms with Gasteiger partial charge in [-0.25, -0.2) is 4.98 Å². The average molecular weight is 343 g/mol. The number of thiazole rings is 1. The molecule has 1 atom stereocenters. The summed E-state index contributed by atoms with van der Waals surface area (Å²) in [5.41, 5.74) is 2.23. The summed E-state index contributed by atoms with van der Waals surface area (Å²) in [6.45, 7) is 10.0. The molecule has 4 nitrogen and oxygen atoms in total. The Morgan fingerprint density at radius 1 is 1.47 bits per heavy atom. The number of halogens is 1. The lowest BCUT2D eigenvalue weighted by atomic mass is 10.3. The van der Waals surface area contributed by atoms with E-state index in [4.69, 9.17) is 0 Å². The summed E-state index contributed by atoms with van der Waals surface area (Å²) in [7, 11) is 0. The lowest BCUT2D eigenvalue weighted by Crippen LogP contribution is -2.20. The monoisotopic (exact) mass is 342 g/mol. The molecule has 0 fully saturated rings. The van der Waals surface area contributed by atoms with Crippen LogP contribution < -0.4 is 5.32 Å². The Kier molecular flexibility index (Phi) is 4.76. The van der Waals surface area contributed by atoms with Gasteiger partial charge in [-0.3, -0.25) is 4.68 Å². The number of hydrogen-bond acceptors (Lipinski definition) is 4. The third kappa shape index (κ3) is 3.24. The maximum Gasteiger partial charge on any atom is 0.109 e. The van der Waals surface area contributed by atoms with Crippen LogP contribution in [0.15, 0.2) is 10.7 Å². The number of nitrogens with zero attached hydrogens (tertiary/aromatic N) is 3. The predicted molar refractivity (Wildman–Crippen MR) is 82.4 cm³/mol. The molecule has 0 aliphatic heterocycles. The Morgan fingerprint density at radius 3 is 2.79 bits per heavy atom. The zero-order valence-corrected chi connectivity index (χ0v) is 14.1. The molecule has 0 radical (unpaired) electrons. The molecular formula is C13H19BrN4S. The summed E-state index contributed by atoms with van der Waals surface area (Å²) in [6.07, 6.45) is 1.93. The van der Waals surface area contributed by atoms with E-state index in [1.54, 1.807) is 11.3 Å². The van der Waals surface area contributed by atoms with Gasteiger partial charge in [-0.1, -0.05) is 0 Å². The molecule has 19 heavy (non-hydrogen) atoms. The third-order valence-corrected chi connectivity index (χ3v) is 5.17. The van der Waals surface area contributed by atoms with E-state index in [2.05, 4.69) is 52.1 Å². The lowest BCUT2D eigenvalue weighted by Gasteiger charge is -2.12. The molecule has 6 heteroatoms. The molecule has 104 valence electrons. The highest BCUT2D eigenvalue weighted by atomic mass is 79.9. The number of hydrogen-bond donors (Lipinski definition) is 1. The highest BCUT2D eigenvalue weighted by Gasteiger charge is 2.14. The van der Waals surface area contributed by atoms with Crippen molar-refractivity contribution in [1.29, 1.82) is 0 Å². The Hall–Kier alpha value is -0.720. The predicted octanol–water partition coefficient (Wildman–Crippen LogP) is 3.59. The van der Waals surface area contributed by atoms with Gasteiger partial charge in [0.25, 0.3) is 0 Å². The fraction of sp³-hybridized carbons (Fsp3) is 0.538. The average Bonchev–Trinajstić information content (AvgIpc) is 2.93. The van der Waals surface area contributed by atoms with Gasteiger partial charge in [-0.05, 0) is 43.6 Å². The molecule has 0 bridgehead atoms. The van der Waals surface area contributed by atoms with E-state index in [1.165, 1.54) is 10.6 Å². The second kappa shape index (κ2) is 6.15. The summed E-state index contributed by atoms with van der Waals surface area (Å²) in [4.78, 5) is 5.67. The lowest BCUT2D eigenvalue weighted by molar-refractivity contribution is 0.528. The normalized spacial score (nSPS) is 12.9. The van der Waals surface area contributed by atoms with Gasteiger partial charge in [-0.15, -0.1) is 11.3 Å². The molecule has 0 amide bonds. The molecule has 2 aromatic rings. The third-order valence-electron chi connectivity index (χ3n) is 3.04. The molecule has 0 saturated heterocycles. The van der Waals surface area contributed by atoms with Gasteiger partial charge in [0.15, 0.2) is 0 Å². The van der Waals surface area contributed by atoms with Gasteiger partial charge in [0.05, 0.1) is 21.9 Å². The summed E-state index contributed by atoms with van der Waals surface area (Å²) in [5.74, 6) is 0. The first-order valence-electron chi connectivity index (χ1n) is 6.40. The van der Waals surface area contributed by atoms with E-state index in [-0.39, 0.29) is 6.04 Å². The summed E-state index contributed by atoms with van der Waals surface area (Å²) < 4.78 is 3.14. The van der Waals surface area contributed by atoms with Crippen LogP contribution in [0.4, 0.5) is 0 Å². The molecule has 0 saturated carbocycles. The number of aryl methyl sites for hydroxylation is 3. The largest absolute Gasteiger partial charge is 0.302 e. The maximum atomic E-state index is 4.50. The number of nitrogens with one attached hydrogen (secondary N) is 1. The quantitative estimate of drug-likeness (QED) is 0.902. The number of rotatable bonds is 5. The van der Waals surface area contributed by atoms with Crippen LogP contribution in [0.1, 0.15) is 41.2 Å². The molecule has 2 heterocycles. The van der Waals surface area contributed by atoms with Crippen molar-refractivity contribution < 1.29 is 0 Å². The SMILES string of the molecule is CCn1nc(C)c(Br)c1CNC(C)c1ncc(C)s1.